The summed E-state index contributed by atoms with van der Waals surface area (Å²) in [6.45, 7) is 1.53. The van der Waals surface area contributed by atoms with Gasteiger partial charge < -0.3 is 14.6 Å². The number of benzene rings is 1. The summed E-state index contributed by atoms with van der Waals surface area (Å²) in [7, 11) is 0. The molecule has 1 atom stereocenters. The molecular weight excluding hydrogens is 344 g/mol. The lowest BCUT2D eigenvalue weighted by molar-refractivity contribution is -0.00796. The normalized spacial score (nSPS) is 17.2. The van der Waals surface area contributed by atoms with E-state index in [2.05, 4.69) is 15.0 Å². The van der Waals surface area contributed by atoms with Gasteiger partial charge in [0.1, 0.15) is 5.69 Å². The van der Waals surface area contributed by atoms with E-state index in [-0.39, 0.29) is 17.7 Å². The summed E-state index contributed by atoms with van der Waals surface area (Å²) in [6.07, 6.45) is 3.41. The van der Waals surface area contributed by atoms with E-state index in [1.165, 1.54) is 0 Å². The Morgan fingerprint density at radius 1 is 1.22 bits per heavy atom. The second-order valence-electron chi connectivity index (χ2n) is 6.58. The van der Waals surface area contributed by atoms with E-state index in [4.69, 9.17) is 4.74 Å². The molecular formula is C20H20N4O3. The molecule has 1 fully saturated rings. The molecule has 7 nitrogen and oxygen atoms in total. The number of aromatic amines is 1. The van der Waals surface area contributed by atoms with Crippen LogP contribution in [0.15, 0.2) is 53.5 Å². The Morgan fingerprint density at radius 2 is 2.07 bits per heavy atom. The molecule has 2 aromatic heterocycles. The Hall–Kier alpha value is -3.06. The molecule has 0 spiro atoms. The summed E-state index contributed by atoms with van der Waals surface area (Å²) in [6, 6.07) is 12.9. The number of H-pyrrole nitrogens is 1. The van der Waals surface area contributed by atoms with Crippen molar-refractivity contribution in [2.75, 3.05) is 13.1 Å². The fraction of sp³-hybridized carbons (Fsp3) is 0.300. The van der Waals surface area contributed by atoms with E-state index in [0.717, 1.165) is 18.5 Å². The molecule has 0 bridgehead atoms. The Morgan fingerprint density at radius 3 is 2.93 bits per heavy atom. The highest BCUT2D eigenvalue weighted by Crippen LogP contribution is 2.19. The predicted molar refractivity (Wildman–Crippen MR) is 100 cm³/mol. The number of ether oxygens (including phenoxy) is 1. The average molecular weight is 364 g/mol. The van der Waals surface area contributed by atoms with Crippen molar-refractivity contribution in [1.29, 1.82) is 0 Å². The van der Waals surface area contributed by atoms with Gasteiger partial charge in [0.25, 0.3) is 5.91 Å². The molecule has 1 aliphatic rings. The molecule has 1 saturated heterocycles. The molecule has 1 aromatic carbocycles. The molecule has 1 aliphatic heterocycles. The predicted octanol–water partition coefficient (Wildman–Crippen LogP) is 2.14. The lowest BCUT2D eigenvalue weighted by atomic mass is 10.1. The van der Waals surface area contributed by atoms with E-state index >= 15 is 0 Å². The lowest BCUT2D eigenvalue weighted by Crippen LogP contribution is -2.44. The summed E-state index contributed by atoms with van der Waals surface area (Å²) in [5, 5.41) is 0.652. The van der Waals surface area contributed by atoms with Gasteiger partial charge in [-0.1, -0.05) is 24.3 Å². The number of nitrogens with zero attached hydrogens (tertiary/aromatic N) is 3. The lowest BCUT2D eigenvalue weighted by Gasteiger charge is -2.32. The Balaban J connectivity index is 1.50. The maximum absolute atomic E-state index is 13.0. The van der Waals surface area contributed by atoms with Gasteiger partial charge in [-0.25, -0.2) is 4.79 Å². The number of pyridine rings is 1. The summed E-state index contributed by atoms with van der Waals surface area (Å²) < 4.78 is 5.95. The van der Waals surface area contributed by atoms with E-state index in [9.17, 15) is 9.59 Å². The second kappa shape index (κ2) is 7.67. The minimum atomic E-state index is -0.517. The molecule has 3 heterocycles. The smallest absolute Gasteiger partial charge is 0.346 e. The van der Waals surface area contributed by atoms with Gasteiger partial charge in [0.2, 0.25) is 0 Å². The Bertz CT molecular complexity index is 1000. The first-order chi connectivity index (χ1) is 13.2. The molecule has 4 rings (SSSR count). The highest BCUT2D eigenvalue weighted by atomic mass is 16.5. The minimum Gasteiger partial charge on any atom is -0.370 e. The molecule has 1 N–H and O–H groups in total. The average Bonchev–Trinajstić information content (AvgIpc) is 2.72. The number of carbonyl (C=O) groups is 1. The zero-order valence-corrected chi connectivity index (χ0v) is 14.8. The van der Waals surface area contributed by atoms with Crippen molar-refractivity contribution in [1.82, 2.24) is 19.9 Å². The van der Waals surface area contributed by atoms with Gasteiger partial charge in [-0.15, -0.1) is 0 Å². The third-order valence-electron chi connectivity index (χ3n) is 4.70. The number of likely N-dealkylation sites (tertiary alicyclic amines) is 1. The van der Waals surface area contributed by atoms with Crippen molar-refractivity contribution in [3.05, 3.63) is 70.5 Å². The second-order valence-corrected chi connectivity index (χ2v) is 6.58. The number of fused-ring (bicyclic) bond motifs is 1. The van der Waals surface area contributed by atoms with Crippen LogP contribution < -0.4 is 5.69 Å². The first-order valence-electron chi connectivity index (χ1n) is 9.00. The number of para-hydroxylation sites is 1. The van der Waals surface area contributed by atoms with Crippen LogP contribution in [0.3, 0.4) is 0 Å². The summed E-state index contributed by atoms with van der Waals surface area (Å²) in [4.78, 5) is 37.5. The number of piperidine rings is 1. The van der Waals surface area contributed by atoms with Crippen LogP contribution in [0.2, 0.25) is 0 Å². The van der Waals surface area contributed by atoms with Crippen LogP contribution in [0.5, 0.6) is 0 Å². The highest BCUT2D eigenvalue weighted by Gasteiger charge is 2.27. The van der Waals surface area contributed by atoms with Crippen molar-refractivity contribution in [2.24, 2.45) is 0 Å². The maximum Gasteiger partial charge on any atom is 0.346 e. The van der Waals surface area contributed by atoms with Crippen LogP contribution in [0.4, 0.5) is 0 Å². The van der Waals surface area contributed by atoms with E-state index in [0.29, 0.717) is 30.6 Å². The minimum absolute atomic E-state index is 0.0574. The molecule has 0 saturated carbocycles. The zero-order chi connectivity index (χ0) is 18.6. The fourth-order valence-corrected chi connectivity index (χ4v) is 3.36. The first-order valence-corrected chi connectivity index (χ1v) is 9.00. The van der Waals surface area contributed by atoms with Crippen LogP contribution >= 0.6 is 0 Å². The molecule has 0 unspecified atom stereocenters. The van der Waals surface area contributed by atoms with Crippen molar-refractivity contribution in [2.45, 2.75) is 25.6 Å². The van der Waals surface area contributed by atoms with E-state index in [1.54, 1.807) is 23.2 Å². The molecule has 27 heavy (non-hydrogen) atoms. The molecule has 3 aromatic rings. The number of hydrogen-bond acceptors (Lipinski definition) is 5. The number of hydrogen-bond donors (Lipinski definition) is 1. The van der Waals surface area contributed by atoms with Crippen LogP contribution in [-0.4, -0.2) is 45.0 Å². The highest BCUT2D eigenvalue weighted by molar-refractivity contribution is 6.04. The molecule has 138 valence electrons. The van der Waals surface area contributed by atoms with Crippen LogP contribution in [0.1, 0.15) is 29.0 Å². The first kappa shape index (κ1) is 17.4. The van der Waals surface area contributed by atoms with Gasteiger partial charge >= 0.3 is 5.69 Å². The van der Waals surface area contributed by atoms with E-state index < -0.39 is 5.69 Å². The van der Waals surface area contributed by atoms with Crippen LogP contribution in [0, 0.1) is 0 Å². The van der Waals surface area contributed by atoms with Crippen molar-refractivity contribution >= 4 is 16.8 Å². The molecule has 1 amide bonds. The number of carbonyl (C=O) groups excluding carboxylic acids is 1. The number of nitrogens with one attached hydrogen (secondary N) is 1. The molecule has 0 aliphatic carbocycles. The number of rotatable bonds is 4. The summed E-state index contributed by atoms with van der Waals surface area (Å²) >= 11 is 0. The fourth-order valence-electron chi connectivity index (χ4n) is 3.36. The van der Waals surface area contributed by atoms with Gasteiger partial charge in [-0.2, -0.15) is 4.98 Å². The molecule has 0 radical (unpaired) electrons. The Kier molecular flexibility index (Phi) is 4.93. The standard InChI is InChI=1S/C20H20N4O3/c25-19(18-16-8-1-2-9-17(16)22-20(26)23-18)24-11-5-7-15(12-24)27-13-14-6-3-4-10-21-14/h1-4,6,8-10,15H,5,7,11-13H2,(H,22,23,26)/t15-/m0/s1. The van der Waals surface area contributed by atoms with Gasteiger partial charge in [-0.05, 0) is 31.0 Å². The number of amides is 1. The van der Waals surface area contributed by atoms with Crippen LogP contribution in [0.25, 0.3) is 10.9 Å². The van der Waals surface area contributed by atoms with Crippen molar-refractivity contribution < 1.29 is 9.53 Å². The molecule has 7 heteroatoms. The van der Waals surface area contributed by atoms with Crippen LogP contribution in [-0.2, 0) is 11.3 Å². The Labute approximate surface area is 156 Å². The quantitative estimate of drug-likeness (QED) is 0.766. The van der Waals surface area contributed by atoms with E-state index in [1.807, 2.05) is 30.3 Å². The van der Waals surface area contributed by atoms with Gasteiger partial charge in [0.15, 0.2) is 0 Å². The van der Waals surface area contributed by atoms with Gasteiger partial charge in [0, 0.05) is 24.7 Å². The van der Waals surface area contributed by atoms with Gasteiger partial charge in [-0.3, -0.25) is 9.78 Å². The number of aromatic nitrogens is 3. The monoisotopic (exact) mass is 364 g/mol. The zero-order valence-electron chi connectivity index (χ0n) is 14.8. The SMILES string of the molecule is O=C(c1nc(=O)[nH]c2ccccc12)N1CCC[C@H](OCc2ccccn2)C1. The largest absolute Gasteiger partial charge is 0.370 e. The third-order valence-corrected chi connectivity index (χ3v) is 4.70. The topological polar surface area (TPSA) is 88.2 Å². The summed E-state index contributed by atoms with van der Waals surface area (Å²) in [5.41, 5.74) is 1.15. The summed E-state index contributed by atoms with van der Waals surface area (Å²) in [5.74, 6) is -0.233. The van der Waals surface area contributed by atoms with Crippen molar-refractivity contribution in [3.8, 4) is 0 Å². The third kappa shape index (κ3) is 3.88. The van der Waals surface area contributed by atoms with Gasteiger partial charge in [0.05, 0.1) is 23.9 Å². The maximum atomic E-state index is 13.0. The van der Waals surface area contributed by atoms with Crippen molar-refractivity contribution in [3.63, 3.8) is 0 Å².